The normalized spacial score (nSPS) is 15.3. The highest BCUT2D eigenvalue weighted by Crippen LogP contribution is 2.20. The number of thiazole rings is 1. The van der Waals surface area contributed by atoms with Crippen molar-refractivity contribution in [3.8, 4) is 0 Å². The summed E-state index contributed by atoms with van der Waals surface area (Å²) in [6.07, 6.45) is 6.43. The van der Waals surface area contributed by atoms with Gasteiger partial charge in [0.1, 0.15) is 5.01 Å². The zero-order valence-electron chi connectivity index (χ0n) is 13.2. The number of urea groups is 1. The number of anilines is 1. The zero-order chi connectivity index (χ0) is 16.1. The van der Waals surface area contributed by atoms with E-state index >= 15 is 0 Å². The second-order valence-electron chi connectivity index (χ2n) is 5.57. The Bertz CT molecular complexity index is 646. The number of amides is 2. The van der Waals surface area contributed by atoms with Crippen molar-refractivity contribution in [2.45, 2.75) is 19.9 Å². The topological polar surface area (TPSA) is 61.4 Å². The molecule has 6 nitrogen and oxygen atoms in total. The van der Waals surface area contributed by atoms with Gasteiger partial charge in [0.15, 0.2) is 0 Å². The van der Waals surface area contributed by atoms with Gasteiger partial charge in [0.25, 0.3) is 0 Å². The zero-order valence-corrected chi connectivity index (χ0v) is 14.1. The maximum absolute atomic E-state index is 12.3. The van der Waals surface area contributed by atoms with Gasteiger partial charge < -0.3 is 15.1 Å². The third-order valence-electron chi connectivity index (χ3n) is 3.99. The fourth-order valence-corrected chi connectivity index (χ4v) is 3.34. The molecule has 1 aliphatic rings. The standard InChI is InChI=1S/C16H21N5OS/c1-13-11-17-4-3-14(13)20-6-2-7-21(9-8-20)16(22)19-12-15-18-5-10-23-15/h3-5,10-11H,2,6-9,12H2,1H3,(H,19,22). The molecule has 0 atom stereocenters. The summed E-state index contributed by atoms with van der Waals surface area (Å²) in [5.74, 6) is 0. The molecule has 1 saturated heterocycles. The number of rotatable bonds is 3. The lowest BCUT2D eigenvalue weighted by molar-refractivity contribution is 0.201. The van der Waals surface area contributed by atoms with Crippen molar-refractivity contribution in [3.63, 3.8) is 0 Å². The molecule has 7 heteroatoms. The maximum atomic E-state index is 12.3. The van der Waals surface area contributed by atoms with Gasteiger partial charge in [0.2, 0.25) is 0 Å². The van der Waals surface area contributed by atoms with Crippen molar-refractivity contribution in [2.24, 2.45) is 0 Å². The van der Waals surface area contributed by atoms with Gasteiger partial charge in [-0.2, -0.15) is 0 Å². The molecular formula is C16H21N5OS. The van der Waals surface area contributed by atoms with Crippen LogP contribution in [0, 0.1) is 6.92 Å². The molecule has 2 aromatic rings. The SMILES string of the molecule is Cc1cnccc1N1CCCN(C(=O)NCc2nccs2)CC1. The Hall–Kier alpha value is -2.15. The largest absolute Gasteiger partial charge is 0.369 e. The fraction of sp³-hybridized carbons (Fsp3) is 0.438. The predicted molar refractivity (Wildman–Crippen MR) is 91.7 cm³/mol. The number of pyridine rings is 1. The highest BCUT2D eigenvalue weighted by molar-refractivity contribution is 7.09. The molecule has 3 heterocycles. The van der Waals surface area contributed by atoms with Crippen LogP contribution in [0.4, 0.5) is 10.5 Å². The Morgan fingerprint density at radius 3 is 3.00 bits per heavy atom. The summed E-state index contributed by atoms with van der Waals surface area (Å²) in [6, 6.07) is 2.04. The molecule has 1 aliphatic heterocycles. The first-order chi connectivity index (χ1) is 11.2. The Morgan fingerprint density at radius 2 is 2.22 bits per heavy atom. The molecule has 0 radical (unpaired) electrons. The summed E-state index contributed by atoms with van der Waals surface area (Å²) >= 11 is 1.56. The van der Waals surface area contributed by atoms with E-state index < -0.39 is 0 Å². The van der Waals surface area contributed by atoms with Gasteiger partial charge in [-0.3, -0.25) is 4.98 Å². The molecule has 2 amide bonds. The number of aromatic nitrogens is 2. The van der Waals surface area contributed by atoms with E-state index in [9.17, 15) is 4.79 Å². The number of nitrogens with zero attached hydrogens (tertiary/aromatic N) is 4. The van der Waals surface area contributed by atoms with Crippen LogP contribution >= 0.6 is 11.3 Å². The Labute approximate surface area is 140 Å². The molecule has 0 saturated carbocycles. The van der Waals surface area contributed by atoms with E-state index in [1.54, 1.807) is 17.5 Å². The number of carbonyl (C=O) groups excluding carboxylic acids is 1. The Kier molecular flexibility index (Phi) is 5.07. The average molecular weight is 331 g/mol. The fourth-order valence-electron chi connectivity index (χ4n) is 2.79. The first kappa shape index (κ1) is 15.7. The molecule has 122 valence electrons. The first-order valence-electron chi connectivity index (χ1n) is 7.81. The van der Waals surface area contributed by atoms with Crippen LogP contribution in [-0.2, 0) is 6.54 Å². The van der Waals surface area contributed by atoms with Gasteiger partial charge in [-0.1, -0.05) is 0 Å². The number of aryl methyl sites for hydroxylation is 1. The Morgan fingerprint density at radius 1 is 1.30 bits per heavy atom. The van der Waals surface area contributed by atoms with E-state index in [-0.39, 0.29) is 6.03 Å². The summed E-state index contributed by atoms with van der Waals surface area (Å²) in [4.78, 5) is 24.9. The summed E-state index contributed by atoms with van der Waals surface area (Å²) in [5.41, 5.74) is 2.39. The smallest absolute Gasteiger partial charge is 0.317 e. The number of nitrogens with one attached hydrogen (secondary N) is 1. The molecule has 0 spiro atoms. The van der Waals surface area contributed by atoms with Crippen LogP contribution in [0.1, 0.15) is 17.0 Å². The van der Waals surface area contributed by atoms with E-state index in [1.165, 1.54) is 11.3 Å². The number of hydrogen-bond donors (Lipinski definition) is 1. The third-order valence-corrected chi connectivity index (χ3v) is 4.77. The number of carbonyl (C=O) groups is 1. The van der Waals surface area contributed by atoms with Crippen LogP contribution < -0.4 is 10.2 Å². The highest BCUT2D eigenvalue weighted by Gasteiger charge is 2.20. The van der Waals surface area contributed by atoms with Crippen LogP contribution in [0.3, 0.4) is 0 Å². The third kappa shape index (κ3) is 3.98. The molecule has 0 aliphatic carbocycles. The van der Waals surface area contributed by atoms with E-state index in [4.69, 9.17) is 0 Å². The Balaban J connectivity index is 1.55. The van der Waals surface area contributed by atoms with Gasteiger partial charge in [-0.05, 0) is 25.0 Å². The van der Waals surface area contributed by atoms with E-state index in [0.29, 0.717) is 6.54 Å². The summed E-state index contributed by atoms with van der Waals surface area (Å²) < 4.78 is 0. The van der Waals surface area contributed by atoms with Crippen molar-refractivity contribution in [3.05, 3.63) is 40.6 Å². The second-order valence-corrected chi connectivity index (χ2v) is 6.55. The molecule has 3 rings (SSSR count). The van der Waals surface area contributed by atoms with Crippen molar-refractivity contribution < 1.29 is 4.79 Å². The molecule has 0 bridgehead atoms. The highest BCUT2D eigenvalue weighted by atomic mass is 32.1. The van der Waals surface area contributed by atoms with Crippen LogP contribution in [0.2, 0.25) is 0 Å². The minimum atomic E-state index is -0.00602. The predicted octanol–water partition coefficient (Wildman–Crippen LogP) is 2.27. The minimum absolute atomic E-state index is 0.00602. The molecule has 1 fully saturated rings. The molecule has 2 aromatic heterocycles. The quantitative estimate of drug-likeness (QED) is 0.937. The lowest BCUT2D eigenvalue weighted by Crippen LogP contribution is -2.41. The summed E-state index contributed by atoms with van der Waals surface area (Å²) in [5, 5.41) is 5.81. The van der Waals surface area contributed by atoms with Gasteiger partial charge >= 0.3 is 6.03 Å². The van der Waals surface area contributed by atoms with E-state index in [1.807, 2.05) is 28.7 Å². The summed E-state index contributed by atoms with van der Waals surface area (Å²) in [7, 11) is 0. The summed E-state index contributed by atoms with van der Waals surface area (Å²) in [6.45, 7) is 5.89. The monoisotopic (exact) mass is 331 g/mol. The van der Waals surface area contributed by atoms with Crippen LogP contribution in [-0.4, -0.2) is 47.1 Å². The lowest BCUT2D eigenvalue weighted by atomic mass is 10.2. The lowest BCUT2D eigenvalue weighted by Gasteiger charge is -2.25. The minimum Gasteiger partial charge on any atom is -0.369 e. The maximum Gasteiger partial charge on any atom is 0.317 e. The van der Waals surface area contributed by atoms with Crippen molar-refractivity contribution >= 4 is 23.1 Å². The van der Waals surface area contributed by atoms with Gasteiger partial charge in [-0.15, -0.1) is 11.3 Å². The van der Waals surface area contributed by atoms with Crippen molar-refractivity contribution in [2.75, 3.05) is 31.1 Å². The van der Waals surface area contributed by atoms with Crippen molar-refractivity contribution in [1.29, 1.82) is 0 Å². The van der Waals surface area contributed by atoms with E-state index in [2.05, 4.69) is 27.1 Å². The molecular weight excluding hydrogens is 310 g/mol. The molecule has 0 aromatic carbocycles. The second kappa shape index (κ2) is 7.41. The molecule has 1 N–H and O–H groups in total. The average Bonchev–Trinajstić information content (AvgIpc) is 2.96. The number of hydrogen-bond acceptors (Lipinski definition) is 5. The molecule has 0 unspecified atom stereocenters. The van der Waals surface area contributed by atoms with Gasteiger partial charge in [-0.25, -0.2) is 9.78 Å². The van der Waals surface area contributed by atoms with Gasteiger partial charge in [0, 0.05) is 55.8 Å². The molecule has 23 heavy (non-hydrogen) atoms. The van der Waals surface area contributed by atoms with Crippen LogP contribution in [0.25, 0.3) is 0 Å². The van der Waals surface area contributed by atoms with E-state index in [0.717, 1.165) is 37.6 Å². The van der Waals surface area contributed by atoms with Crippen LogP contribution in [0.15, 0.2) is 30.0 Å². The van der Waals surface area contributed by atoms with Gasteiger partial charge in [0.05, 0.1) is 6.54 Å². The van der Waals surface area contributed by atoms with Crippen molar-refractivity contribution in [1.82, 2.24) is 20.2 Å². The van der Waals surface area contributed by atoms with Crippen LogP contribution in [0.5, 0.6) is 0 Å². The first-order valence-corrected chi connectivity index (χ1v) is 8.69.